The highest BCUT2D eigenvalue weighted by atomic mass is 32.2. The number of amides is 1. The fourth-order valence-electron chi connectivity index (χ4n) is 1.88. The van der Waals surface area contributed by atoms with Gasteiger partial charge in [-0.15, -0.1) is 0 Å². The van der Waals surface area contributed by atoms with Gasteiger partial charge in [0.2, 0.25) is 5.91 Å². The number of ether oxygens (including phenoxy) is 2. The number of methoxy groups -OCH3 is 2. The van der Waals surface area contributed by atoms with Crippen LogP contribution in [0.4, 0.5) is 18.9 Å². The molecule has 1 heterocycles. The molecule has 1 N–H and O–H groups in total. The minimum absolute atomic E-state index is 0.00666. The minimum Gasteiger partial charge on any atom is -0.493 e. The highest BCUT2D eigenvalue weighted by molar-refractivity contribution is 7.99. The molecule has 0 aliphatic carbocycles. The van der Waals surface area contributed by atoms with Crippen molar-refractivity contribution >= 4 is 23.4 Å². The summed E-state index contributed by atoms with van der Waals surface area (Å²) >= 11 is 1.04. The molecule has 2 rings (SSSR count). The third-order valence-electron chi connectivity index (χ3n) is 3.08. The van der Waals surface area contributed by atoms with E-state index < -0.39 is 11.7 Å². The monoisotopic (exact) mass is 372 g/mol. The number of thioether (sulfide) groups is 1. The summed E-state index contributed by atoms with van der Waals surface area (Å²) in [6.45, 7) is 0. The van der Waals surface area contributed by atoms with Crippen molar-refractivity contribution in [1.29, 1.82) is 0 Å². The van der Waals surface area contributed by atoms with Crippen LogP contribution in [0.15, 0.2) is 41.6 Å². The first kappa shape index (κ1) is 18.9. The van der Waals surface area contributed by atoms with Crippen molar-refractivity contribution in [3.8, 4) is 11.5 Å². The van der Waals surface area contributed by atoms with E-state index >= 15 is 0 Å². The Labute approximate surface area is 146 Å². The van der Waals surface area contributed by atoms with Crippen LogP contribution in [-0.4, -0.2) is 30.9 Å². The van der Waals surface area contributed by atoms with Gasteiger partial charge in [-0.05, 0) is 24.3 Å². The van der Waals surface area contributed by atoms with Crippen LogP contribution >= 0.6 is 11.8 Å². The van der Waals surface area contributed by atoms with Crippen molar-refractivity contribution in [3.63, 3.8) is 0 Å². The van der Waals surface area contributed by atoms with Crippen molar-refractivity contribution in [2.24, 2.45) is 0 Å². The summed E-state index contributed by atoms with van der Waals surface area (Å²) in [6.07, 6.45) is -3.68. The van der Waals surface area contributed by atoms with Crippen LogP contribution in [0.5, 0.6) is 11.5 Å². The van der Waals surface area contributed by atoms with Crippen LogP contribution in [0.2, 0.25) is 0 Å². The highest BCUT2D eigenvalue weighted by Gasteiger charge is 2.30. The first-order chi connectivity index (χ1) is 11.8. The van der Waals surface area contributed by atoms with Crippen LogP contribution in [0.25, 0.3) is 0 Å². The van der Waals surface area contributed by atoms with E-state index in [0.29, 0.717) is 22.2 Å². The van der Waals surface area contributed by atoms with Crippen LogP contribution in [0.3, 0.4) is 0 Å². The Morgan fingerprint density at radius 2 is 1.88 bits per heavy atom. The van der Waals surface area contributed by atoms with E-state index in [9.17, 15) is 18.0 Å². The number of nitrogens with one attached hydrogen (secondary N) is 1. The summed E-state index contributed by atoms with van der Waals surface area (Å²) in [6, 6.07) is 7.08. The lowest BCUT2D eigenvalue weighted by Gasteiger charge is -2.10. The zero-order valence-corrected chi connectivity index (χ0v) is 14.2. The van der Waals surface area contributed by atoms with Crippen molar-refractivity contribution in [3.05, 3.63) is 42.1 Å². The van der Waals surface area contributed by atoms with Gasteiger partial charge in [0, 0.05) is 18.0 Å². The minimum atomic E-state index is -4.43. The van der Waals surface area contributed by atoms with Gasteiger partial charge in [0.15, 0.2) is 11.5 Å². The molecule has 134 valence electrons. The van der Waals surface area contributed by atoms with Crippen molar-refractivity contribution < 1.29 is 27.4 Å². The summed E-state index contributed by atoms with van der Waals surface area (Å²) < 4.78 is 47.6. The summed E-state index contributed by atoms with van der Waals surface area (Å²) in [7, 11) is 2.99. The second-order valence-electron chi connectivity index (χ2n) is 4.79. The molecule has 0 bridgehead atoms. The van der Waals surface area contributed by atoms with E-state index in [4.69, 9.17) is 9.47 Å². The molecule has 5 nitrogen and oxygen atoms in total. The van der Waals surface area contributed by atoms with Gasteiger partial charge in [0.25, 0.3) is 0 Å². The molecule has 1 aromatic carbocycles. The lowest BCUT2D eigenvalue weighted by Crippen LogP contribution is -2.14. The number of pyridine rings is 1. The summed E-state index contributed by atoms with van der Waals surface area (Å²) in [5.74, 6) is 0.687. The molecule has 0 fully saturated rings. The Morgan fingerprint density at radius 1 is 1.16 bits per heavy atom. The maximum absolute atomic E-state index is 12.5. The molecule has 0 atom stereocenters. The quantitative estimate of drug-likeness (QED) is 0.781. The molecular weight excluding hydrogens is 357 g/mol. The van der Waals surface area contributed by atoms with Gasteiger partial charge in [-0.2, -0.15) is 13.2 Å². The van der Waals surface area contributed by atoms with Gasteiger partial charge in [-0.1, -0.05) is 11.8 Å². The van der Waals surface area contributed by atoms with Gasteiger partial charge in [-0.3, -0.25) is 4.79 Å². The second-order valence-corrected chi connectivity index (χ2v) is 5.79. The Morgan fingerprint density at radius 3 is 2.44 bits per heavy atom. The predicted octanol–water partition coefficient (Wildman–Crippen LogP) is 3.85. The summed E-state index contributed by atoms with van der Waals surface area (Å²) in [5, 5.41) is 3.00. The van der Waals surface area contributed by atoms with Crippen molar-refractivity contribution in [2.75, 3.05) is 25.3 Å². The Bertz CT molecular complexity index is 736. The zero-order chi connectivity index (χ0) is 18.4. The average molecular weight is 372 g/mol. The SMILES string of the molecule is COc1ccc(NC(=O)CSc2ccc(C(F)(F)F)cn2)cc1OC. The topological polar surface area (TPSA) is 60.5 Å². The van der Waals surface area contributed by atoms with E-state index in [1.165, 1.54) is 20.3 Å². The lowest BCUT2D eigenvalue weighted by molar-refractivity contribution is -0.137. The molecule has 0 aliphatic rings. The van der Waals surface area contributed by atoms with E-state index in [2.05, 4.69) is 10.3 Å². The maximum atomic E-state index is 12.5. The zero-order valence-electron chi connectivity index (χ0n) is 13.4. The smallest absolute Gasteiger partial charge is 0.417 e. The normalized spacial score (nSPS) is 11.1. The molecule has 1 amide bonds. The van der Waals surface area contributed by atoms with E-state index in [1.807, 2.05) is 0 Å². The van der Waals surface area contributed by atoms with Crippen molar-refractivity contribution in [1.82, 2.24) is 4.98 Å². The Balaban J connectivity index is 1.92. The number of hydrogen-bond donors (Lipinski definition) is 1. The van der Waals surface area contributed by atoms with Gasteiger partial charge in [-0.25, -0.2) is 4.98 Å². The molecule has 0 saturated carbocycles. The van der Waals surface area contributed by atoms with E-state index in [0.717, 1.165) is 24.0 Å². The molecule has 25 heavy (non-hydrogen) atoms. The molecule has 2 aromatic rings. The number of anilines is 1. The van der Waals surface area contributed by atoms with E-state index in [1.54, 1.807) is 18.2 Å². The number of halogens is 3. The molecule has 0 radical (unpaired) electrons. The molecule has 0 unspecified atom stereocenters. The molecule has 1 aromatic heterocycles. The van der Waals surface area contributed by atoms with E-state index in [-0.39, 0.29) is 11.7 Å². The highest BCUT2D eigenvalue weighted by Crippen LogP contribution is 2.31. The number of aromatic nitrogens is 1. The third-order valence-corrected chi connectivity index (χ3v) is 4.03. The second kappa shape index (κ2) is 8.11. The summed E-state index contributed by atoms with van der Waals surface area (Å²) in [5.41, 5.74) is -0.310. The molecule has 0 saturated heterocycles. The number of hydrogen-bond acceptors (Lipinski definition) is 5. The standard InChI is InChI=1S/C16H15F3N2O3S/c1-23-12-5-4-11(7-13(12)24-2)21-14(22)9-25-15-6-3-10(8-20-15)16(17,18)19/h3-8H,9H2,1-2H3,(H,21,22). The molecule has 9 heteroatoms. The maximum Gasteiger partial charge on any atom is 0.417 e. The third kappa shape index (κ3) is 5.28. The van der Waals surface area contributed by atoms with Gasteiger partial charge in [0.05, 0.1) is 30.6 Å². The number of alkyl halides is 3. The van der Waals surface area contributed by atoms with Crippen molar-refractivity contribution in [2.45, 2.75) is 11.2 Å². The van der Waals surface area contributed by atoms with Crippen LogP contribution < -0.4 is 14.8 Å². The lowest BCUT2D eigenvalue weighted by atomic mass is 10.2. The number of nitrogens with zero attached hydrogens (tertiary/aromatic N) is 1. The average Bonchev–Trinajstić information content (AvgIpc) is 2.59. The first-order valence-electron chi connectivity index (χ1n) is 7.01. The number of carbonyl (C=O) groups excluding carboxylic acids is 1. The fourth-order valence-corrected chi connectivity index (χ4v) is 2.53. The van der Waals surface area contributed by atoms with Crippen LogP contribution in [-0.2, 0) is 11.0 Å². The molecule has 0 aliphatic heterocycles. The van der Waals surface area contributed by atoms with Crippen LogP contribution in [0, 0.1) is 0 Å². The largest absolute Gasteiger partial charge is 0.493 e. The Kier molecular flexibility index (Phi) is 6.13. The molecule has 0 spiro atoms. The van der Waals surface area contributed by atoms with Gasteiger partial charge in [0.1, 0.15) is 0 Å². The van der Waals surface area contributed by atoms with Gasteiger partial charge >= 0.3 is 6.18 Å². The molecular formula is C16H15F3N2O3S. The first-order valence-corrected chi connectivity index (χ1v) is 8.00. The predicted molar refractivity (Wildman–Crippen MR) is 88.1 cm³/mol. The number of benzene rings is 1. The number of rotatable bonds is 6. The Hall–Kier alpha value is -2.42. The van der Waals surface area contributed by atoms with Gasteiger partial charge < -0.3 is 14.8 Å². The fraction of sp³-hybridized carbons (Fsp3) is 0.250. The van der Waals surface area contributed by atoms with Crippen LogP contribution in [0.1, 0.15) is 5.56 Å². The number of carbonyl (C=O) groups is 1. The summed E-state index contributed by atoms with van der Waals surface area (Å²) in [4.78, 5) is 15.7.